The highest BCUT2D eigenvalue weighted by molar-refractivity contribution is 5.95. The second-order valence-corrected chi connectivity index (χ2v) is 7.42. The molecule has 10 nitrogen and oxygen atoms in total. The highest BCUT2D eigenvalue weighted by atomic mass is 16.5. The molecule has 1 aromatic carbocycles. The van der Waals surface area contributed by atoms with Crippen molar-refractivity contribution >= 4 is 22.7 Å². The summed E-state index contributed by atoms with van der Waals surface area (Å²) in [6, 6.07) is 5.65. The molecule has 0 unspecified atom stereocenters. The molecule has 4 rings (SSSR count). The lowest BCUT2D eigenvalue weighted by Gasteiger charge is -2.20. The first kappa shape index (κ1) is 20.9. The standard InChI is InChI=1S/C21H27N7O3/c1-4-11-31-16-6-5-14(23-21-22-7-8-28(21)9-10-29)12-15(16)19-24-17-13(2)26-27(3)18(17)20(30)25-19/h5-6,12,29H,4,7-11H2,1-3H3,(H,22,23)(H,24,25,30). The Morgan fingerprint density at radius 2 is 2.19 bits per heavy atom. The fourth-order valence-electron chi connectivity index (χ4n) is 3.67. The first-order chi connectivity index (χ1) is 15.0. The van der Waals surface area contributed by atoms with Crippen LogP contribution in [0.4, 0.5) is 5.69 Å². The second kappa shape index (κ2) is 8.76. The number of fused-ring (bicyclic) bond motifs is 1. The van der Waals surface area contributed by atoms with Gasteiger partial charge in [-0.25, -0.2) is 4.98 Å². The number of aliphatic hydroxyl groups excluding tert-OH is 1. The minimum atomic E-state index is -0.253. The fraction of sp³-hybridized carbons (Fsp3) is 0.429. The van der Waals surface area contributed by atoms with Gasteiger partial charge in [0.25, 0.3) is 5.56 Å². The first-order valence-electron chi connectivity index (χ1n) is 10.4. The van der Waals surface area contributed by atoms with Crippen LogP contribution in [0, 0.1) is 6.92 Å². The highest BCUT2D eigenvalue weighted by Gasteiger charge is 2.19. The summed E-state index contributed by atoms with van der Waals surface area (Å²) in [6.07, 6.45) is 0.858. The summed E-state index contributed by atoms with van der Waals surface area (Å²) in [4.78, 5) is 26.8. The van der Waals surface area contributed by atoms with Crippen LogP contribution in [0.2, 0.25) is 0 Å². The lowest BCUT2D eigenvalue weighted by atomic mass is 10.1. The van der Waals surface area contributed by atoms with Gasteiger partial charge in [0.15, 0.2) is 11.5 Å². The lowest BCUT2D eigenvalue weighted by molar-refractivity contribution is 0.256. The van der Waals surface area contributed by atoms with Crippen molar-refractivity contribution in [3.8, 4) is 17.1 Å². The predicted molar refractivity (Wildman–Crippen MR) is 120 cm³/mol. The van der Waals surface area contributed by atoms with Crippen LogP contribution in [-0.2, 0) is 7.05 Å². The average Bonchev–Trinajstić information content (AvgIpc) is 3.30. The lowest BCUT2D eigenvalue weighted by Crippen LogP contribution is -2.35. The molecule has 0 saturated heterocycles. The molecule has 3 aromatic rings. The Balaban J connectivity index is 1.76. The van der Waals surface area contributed by atoms with Gasteiger partial charge >= 0.3 is 0 Å². The monoisotopic (exact) mass is 425 g/mol. The van der Waals surface area contributed by atoms with Crippen LogP contribution in [0.1, 0.15) is 19.0 Å². The molecule has 10 heteroatoms. The number of H-pyrrole nitrogens is 1. The van der Waals surface area contributed by atoms with Crippen LogP contribution < -0.4 is 15.6 Å². The Labute approximate surface area is 179 Å². The summed E-state index contributed by atoms with van der Waals surface area (Å²) in [5.74, 6) is 1.77. The molecular formula is C21H27N7O3. The molecule has 1 aliphatic rings. The van der Waals surface area contributed by atoms with E-state index >= 15 is 0 Å². The quantitative estimate of drug-likeness (QED) is 0.524. The molecule has 3 N–H and O–H groups in total. The minimum absolute atomic E-state index is 0.0609. The van der Waals surface area contributed by atoms with Crippen LogP contribution in [-0.4, -0.2) is 68.6 Å². The topological polar surface area (TPSA) is 121 Å². The molecule has 3 heterocycles. The normalized spacial score (nSPS) is 13.7. The van der Waals surface area contributed by atoms with Crippen molar-refractivity contribution in [2.45, 2.75) is 20.3 Å². The molecule has 2 aromatic heterocycles. The minimum Gasteiger partial charge on any atom is -0.493 e. The zero-order valence-electron chi connectivity index (χ0n) is 18.0. The highest BCUT2D eigenvalue weighted by Crippen LogP contribution is 2.31. The first-order valence-corrected chi connectivity index (χ1v) is 10.4. The van der Waals surface area contributed by atoms with Gasteiger partial charge in [-0.1, -0.05) is 6.92 Å². The molecule has 0 atom stereocenters. The number of anilines is 1. The predicted octanol–water partition coefficient (Wildman–Crippen LogP) is 1.50. The molecule has 0 radical (unpaired) electrons. The van der Waals surface area contributed by atoms with E-state index in [4.69, 9.17) is 9.72 Å². The summed E-state index contributed by atoms with van der Waals surface area (Å²) in [5.41, 5.74) is 2.90. The van der Waals surface area contributed by atoms with Crippen molar-refractivity contribution in [1.82, 2.24) is 24.6 Å². The smallest absolute Gasteiger partial charge is 0.277 e. The van der Waals surface area contributed by atoms with E-state index in [1.165, 1.54) is 0 Å². The van der Waals surface area contributed by atoms with Crippen LogP contribution in [0.25, 0.3) is 22.4 Å². The number of aromatic amines is 1. The van der Waals surface area contributed by atoms with E-state index in [0.29, 0.717) is 59.5 Å². The van der Waals surface area contributed by atoms with E-state index < -0.39 is 0 Å². The number of rotatable bonds is 7. The Morgan fingerprint density at radius 1 is 1.35 bits per heavy atom. The molecule has 31 heavy (non-hydrogen) atoms. The number of hydrogen-bond acceptors (Lipinski definition) is 8. The number of ether oxygens (including phenoxy) is 1. The molecule has 0 bridgehead atoms. The molecule has 164 valence electrons. The second-order valence-electron chi connectivity index (χ2n) is 7.42. The van der Waals surface area contributed by atoms with Gasteiger partial charge in [-0.05, 0) is 31.5 Å². The molecular weight excluding hydrogens is 398 g/mol. The molecule has 1 aliphatic heterocycles. The van der Waals surface area contributed by atoms with Gasteiger partial charge in [0, 0.05) is 25.8 Å². The number of aromatic nitrogens is 4. The average molecular weight is 425 g/mol. The van der Waals surface area contributed by atoms with Crippen molar-refractivity contribution in [1.29, 1.82) is 0 Å². The van der Waals surface area contributed by atoms with Gasteiger partial charge in [0.05, 0.1) is 31.0 Å². The van der Waals surface area contributed by atoms with Crippen LogP contribution in [0.5, 0.6) is 5.75 Å². The molecule has 0 fully saturated rings. The summed E-state index contributed by atoms with van der Waals surface area (Å²) in [6.45, 7) is 6.44. The summed E-state index contributed by atoms with van der Waals surface area (Å²) in [5, 5.41) is 16.9. The Hall–Kier alpha value is -3.40. The maximum atomic E-state index is 12.7. The Morgan fingerprint density at radius 3 is 2.97 bits per heavy atom. The zero-order chi connectivity index (χ0) is 22.0. The van der Waals surface area contributed by atoms with Gasteiger partial charge in [-0.15, -0.1) is 0 Å². The van der Waals surface area contributed by atoms with Gasteiger partial charge < -0.3 is 25.0 Å². The van der Waals surface area contributed by atoms with E-state index in [1.807, 2.05) is 36.9 Å². The third-order valence-electron chi connectivity index (χ3n) is 5.11. The van der Waals surface area contributed by atoms with Gasteiger partial charge in [-0.3, -0.25) is 14.5 Å². The summed E-state index contributed by atoms with van der Waals surface area (Å²) in [7, 11) is 1.73. The molecule has 0 saturated carbocycles. The number of nitrogens with one attached hydrogen (secondary N) is 2. The van der Waals surface area contributed by atoms with E-state index in [-0.39, 0.29) is 12.2 Å². The fourth-order valence-corrected chi connectivity index (χ4v) is 3.67. The number of aliphatic hydroxyl groups is 1. The van der Waals surface area contributed by atoms with Crippen molar-refractivity contribution in [3.63, 3.8) is 0 Å². The van der Waals surface area contributed by atoms with Crippen LogP contribution in [0.3, 0.4) is 0 Å². The maximum absolute atomic E-state index is 12.7. The summed E-state index contributed by atoms with van der Waals surface area (Å²) >= 11 is 0. The third kappa shape index (κ3) is 4.11. The van der Waals surface area contributed by atoms with Crippen molar-refractivity contribution in [2.24, 2.45) is 12.0 Å². The Kier molecular flexibility index (Phi) is 5.90. The van der Waals surface area contributed by atoms with Crippen molar-refractivity contribution in [2.75, 3.05) is 38.2 Å². The number of guanidine groups is 1. The van der Waals surface area contributed by atoms with Crippen LogP contribution in [0.15, 0.2) is 28.0 Å². The van der Waals surface area contributed by atoms with Crippen molar-refractivity contribution < 1.29 is 9.84 Å². The zero-order valence-corrected chi connectivity index (χ0v) is 18.0. The SMILES string of the molecule is CCCOc1ccc(NC2=NCCN2CCO)cc1-c1nc2c(C)nn(C)c2c(=O)[nH]1. The van der Waals surface area contributed by atoms with Crippen LogP contribution >= 0.6 is 0 Å². The number of nitrogens with zero attached hydrogens (tertiary/aromatic N) is 5. The van der Waals surface area contributed by atoms with E-state index in [0.717, 1.165) is 18.7 Å². The molecule has 0 spiro atoms. The molecule has 0 amide bonds. The van der Waals surface area contributed by atoms with Gasteiger partial charge in [-0.2, -0.15) is 5.10 Å². The number of aliphatic imine (C=N–C) groups is 1. The number of hydrogen-bond donors (Lipinski definition) is 3. The van der Waals surface area contributed by atoms with Crippen molar-refractivity contribution in [3.05, 3.63) is 34.2 Å². The number of aryl methyl sites for hydroxylation is 2. The van der Waals surface area contributed by atoms with E-state index in [9.17, 15) is 9.90 Å². The summed E-state index contributed by atoms with van der Waals surface area (Å²) < 4.78 is 7.47. The van der Waals surface area contributed by atoms with Gasteiger partial charge in [0.2, 0.25) is 0 Å². The third-order valence-corrected chi connectivity index (χ3v) is 5.11. The Bertz CT molecular complexity index is 1180. The van der Waals surface area contributed by atoms with E-state index in [2.05, 4.69) is 20.4 Å². The molecule has 0 aliphatic carbocycles. The van der Waals surface area contributed by atoms with E-state index in [1.54, 1.807) is 11.7 Å². The van der Waals surface area contributed by atoms with Gasteiger partial charge in [0.1, 0.15) is 17.1 Å². The maximum Gasteiger partial charge on any atom is 0.277 e. The number of benzene rings is 1. The largest absolute Gasteiger partial charge is 0.493 e. The number of β-amino-alcohol motifs (C(OH)–C–C–N with tert-alkyl or cyclic N) is 1.